The van der Waals surface area contributed by atoms with Crippen LogP contribution in [0.25, 0.3) is 0 Å². The maximum absolute atomic E-state index is 12.6. The number of carbonyl (C=O) groups is 1. The van der Waals surface area contributed by atoms with Crippen LogP contribution in [-0.2, 0) is 0 Å². The van der Waals surface area contributed by atoms with E-state index in [4.69, 9.17) is 10.5 Å². The molecule has 1 aromatic carbocycles. The van der Waals surface area contributed by atoms with E-state index in [0.29, 0.717) is 23.0 Å². The van der Waals surface area contributed by atoms with Crippen LogP contribution in [0.1, 0.15) is 48.9 Å². The van der Waals surface area contributed by atoms with Crippen molar-refractivity contribution in [1.29, 1.82) is 0 Å². The lowest BCUT2D eigenvalue weighted by Crippen LogP contribution is -2.52. The molecule has 1 aromatic rings. The first-order valence-corrected chi connectivity index (χ1v) is 10.8. The van der Waals surface area contributed by atoms with Crippen molar-refractivity contribution >= 4 is 11.6 Å². The predicted molar refractivity (Wildman–Crippen MR) is 112 cm³/mol. The Morgan fingerprint density at radius 2 is 1.82 bits per heavy atom. The Morgan fingerprint density at radius 3 is 2.46 bits per heavy atom. The Labute approximate surface area is 168 Å². The van der Waals surface area contributed by atoms with Crippen molar-refractivity contribution in [2.45, 2.75) is 50.6 Å². The second kappa shape index (κ2) is 8.70. The van der Waals surface area contributed by atoms with Gasteiger partial charge in [0.05, 0.1) is 12.8 Å². The molecule has 154 valence electrons. The number of piperazine rings is 1. The molecule has 3 aliphatic rings. The van der Waals surface area contributed by atoms with E-state index in [-0.39, 0.29) is 11.9 Å². The summed E-state index contributed by atoms with van der Waals surface area (Å²) in [5.41, 5.74) is 7.00. The molecule has 0 bridgehead atoms. The van der Waals surface area contributed by atoms with E-state index in [1.165, 1.54) is 58.4 Å². The van der Waals surface area contributed by atoms with Crippen LogP contribution in [0.15, 0.2) is 18.2 Å². The smallest absolute Gasteiger partial charge is 0.251 e. The molecule has 6 heteroatoms. The van der Waals surface area contributed by atoms with Crippen LogP contribution in [0.4, 0.5) is 5.69 Å². The standard InChI is InChI=1S/C22H34N4O2/c1-28-21-14-17(4-9-20(21)23)22(27)24-18-5-7-19(8-6-18)26-12-10-25(11-13-26)15-16-2-3-16/h4,9,14,16,18-19H,2-3,5-8,10-13,15,23H2,1H3,(H,24,27). The first-order valence-electron chi connectivity index (χ1n) is 10.8. The summed E-state index contributed by atoms with van der Waals surface area (Å²) in [4.78, 5) is 17.9. The van der Waals surface area contributed by atoms with E-state index in [2.05, 4.69) is 15.1 Å². The van der Waals surface area contributed by atoms with Crippen molar-refractivity contribution in [3.8, 4) is 5.75 Å². The average Bonchev–Trinajstić information content (AvgIpc) is 3.53. The minimum Gasteiger partial charge on any atom is -0.495 e. The van der Waals surface area contributed by atoms with Crippen LogP contribution in [-0.4, -0.2) is 67.6 Å². The number of hydrogen-bond acceptors (Lipinski definition) is 5. The van der Waals surface area contributed by atoms with Gasteiger partial charge < -0.3 is 20.7 Å². The molecular weight excluding hydrogens is 352 g/mol. The van der Waals surface area contributed by atoms with Crippen molar-refractivity contribution in [2.24, 2.45) is 5.92 Å². The van der Waals surface area contributed by atoms with Gasteiger partial charge in [-0.25, -0.2) is 0 Å². The Hall–Kier alpha value is -1.79. The van der Waals surface area contributed by atoms with Gasteiger partial charge in [-0.15, -0.1) is 0 Å². The zero-order valence-corrected chi connectivity index (χ0v) is 17.0. The molecule has 1 saturated heterocycles. The van der Waals surface area contributed by atoms with Gasteiger partial charge in [-0.1, -0.05) is 0 Å². The molecule has 0 aromatic heterocycles. The summed E-state index contributed by atoms with van der Waals surface area (Å²) in [6.45, 7) is 6.19. The molecule has 28 heavy (non-hydrogen) atoms. The molecule has 4 rings (SSSR count). The van der Waals surface area contributed by atoms with Gasteiger partial charge in [0.1, 0.15) is 5.75 Å². The van der Waals surface area contributed by atoms with Crippen molar-refractivity contribution in [1.82, 2.24) is 15.1 Å². The summed E-state index contributed by atoms with van der Waals surface area (Å²) in [5, 5.41) is 3.20. The monoisotopic (exact) mass is 386 g/mol. The highest BCUT2D eigenvalue weighted by Crippen LogP contribution is 2.31. The summed E-state index contributed by atoms with van der Waals surface area (Å²) in [7, 11) is 1.57. The Kier molecular flexibility index (Phi) is 6.07. The molecule has 1 aliphatic heterocycles. The summed E-state index contributed by atoms with van der Waals surface area (Å²) < 4.78 is 5.23. The number of ether oxygens (including phenoxy) is 1. The van der Waals surface area contributed by atoms with Crippen LogP contribution < -0.4 is 15.8 Å². The Morgan fingerprint density at radius 1 is 1.11 bits per heavy atom. The number of anilines is 1. The summed E-state index contributed by atoms with van der Waals surface area (Å²) in [5.74, 6) is 1.51. The fraction of sp³-hybridized carbons (Fsp3) is 0.682. The topological polar surface area (TPSA) is 70.8 Å². The van der Waals surface area contributed by atoms with Crippen molar-refractivity contribution in [3.05, 3.63) is 23.8 Å². The molecule has 3 N–H and O–H groups in total. The van der Waals surface area contributed by atoms with Crippen molar-refractivity contribution in [2.75, 3.05) is 45.6 Å². The number of nitrogens with two attached hydrogens (primary N) is 1. The van der Waals surface area contributed by atoms with Gasteiger partial charge in [0.2, 0.25) is 0 Å². The van der Waals surface area contributed by atoms with Gasteiger partial charge >= 0.3 is 0 Å². The Bertz CT molecular complexity index is 675. The third kappa shape index (κ3) is 4.78. The molecule has 2 saturated carbocycles. The van der Waals surface area contributed by atoms with Crippen molar-refractivity contribution in [3.63, 3.8) is 0 Å². The molecular formula is C22H34N4O2. The summed E-state index contributed by atoms with van der Waals surface area (Å²) in [6, 6.07) is 6.17. The fourth-order valence-electron chi connectivity index (χ4n) is 4.68. The number of amides is 1. The molecule has 0 unspecified atom stereocenters. The van der Waals surface area contributed by atoms with Gasteiger partial charge in [-0.3, -0.25) is 9.69 Å². The van der Waals surface area contributed by atoms with Crippen molar-refractivity contribution < 1.29 is 9.53 Å². The molecule has 1 heterocycles. The molecule has 1 amide bonds. The highest BCUT2D eigenvalue weighted by Gasteiger charge is 2.31. The molecule has 0 radical (unpaired) electrons. The van der Waals surface area contributed by atoms with Gasteiger partial charge in [-0.2, -0.15) is 0 Å². The molecule has 3 fully saturated rings. The van der Waals surface area contributed by atoms with Crippen LogP contribution >= 0.6 is 0 Å². The van der Waals surface area contributed by atoms with Crippen LogP contribution in [0.5, 0.6) is 5.75 Å². The largest absolute Gasteiger partial charge is 0.495 e. The number of rotatable bonds is 6. The zero-order valence-electron chi connectivity index (χ0n) is 17.0. The van der Waals surface area contributed by atoms with Gasteiger partial charge in [0, 0.05) is 50.4 Å². The second-order valence-electron chi connectivity index (χ2n) is 8.72. The lowest BCUT2D eigenvalue weighted by Gasteiger charge is -2.42. The third-order valence-electron chi connectivity index (χ3n) is 6.66. The number of nitrogen functional groups attached to an aromatic ring is 1. The van der Waals surface area contributed by atoms with Crippen LogP contribution in [0, 0.1) is 5.92 Å². The quantitative estimate of drug-likeness (QED) is 0.735. The van der Waals surface area contributed by atoms with E-state index >= 15 is 0 Å². The zero-order chi connectivity index (χ0) is 19.5. The molecule has 0 atom stereocenters. The first kappa shape index (κ1) is 19.5. The number of nitrogens with zero attached hydrogens (tertiary/aromatic N) is 2. The number of hydrogen-bond donors (Lipinski definition) is 2. The Balaban J connectivity index is 1.21. The van der Waals surface area contributed by atoms with E-state index in [9.17, 15) is 4.79 Å². The predicted octanol–water partition coefficient (Wildman–Crippen LogP) is 2.35. The number of nitrogens with one attached hydrogen (secondary N) is 1. The lowest BCUT2D eigenvalue weighted by atomic mass is 9.89. The number of methoxy groups -OCH3 is 1. The van der Waals surface area contributed by atoms with E-state index < -0.39 is 0 Å². The van der Waals surface area contributed by atoms with E-state index in [0.717, 1.165) is 18.8 Å². The fourth-order valence-corrected chi connectivity index (χ4v) is 4.68. The molecule has 2 aliphatic carbocycles. The molecule has 0 spiro atoms. The highest BCUT2D eigenvalue weighted by atomic mass is 16.5. The average molecular weight is 387 g/mol. The maximum atomic E-state index is 12.6. The second-order valence-corrected chi connectivity index (χ2v) is 8.72. The van der Waals surface area contributed by atoms with E-state index in [1.807, 2.05) is 0 Å². The van der Waals surface area contributed by atoms with Gasteiger partial charge in [0.15, 0.2) is 0 Å². The normalized spacial score (nSPS) is 26.8. The minimum absolute atomic E-state index is 0.0320. The summed E-state index contributed by atoms with van der Waals surface area (Å²) in [6.07, 6.45) is 7.37. The lowest BCUT2D eigenvalue weighted by molar-refractivity contribution is 0.0694. The third-order valence-corrected chi connectivity index (χ3v) is 6.66. The van der Waals surface area contributed by atoms with Gasteiger partial charge in [0.25, 0.3) is 5.91 Å². The maximum Gasteiger partial charge on any atom is 0.251 e. The summed E-state index contributed by atoms with van der Waals surface area (Å²) >= 11 is 0. The van der Waals surface area contributed by atoms with Gasteiger partial charge in [-0.05, 0) is 62.6 Å². The highest BCUT2D eigenvalue weighted by molar-refractivity contribution is 5.95. The minimum atomic E-state index is -0.0320. The van der Waals surface area contributed by atoms with Crippen LogP contribution in [0.3, 0.4) is 0 Å². The number of carbonyl (C=O) groups excluding carboxylic acids is 1. The SMILES string of the molecule is COc1cc(C(=O)NC2CCC(N3CCN(CC4CC4)CC3)CC2)ccc1N. The van der Waals surface area contributed by atoms with Crippen LogP contribution in [0.2, 0.25) is 0 Å². The number of benzene rings is 1. The van der Waals surface area contributed by atoms with E-state index in [1.54, 1.807) is 25.3 Å². The first-order chi connectivity index (χ1) is 13.6. The molecule has 6 nitrogen and oxygen atoms in total.